The van der Waals surface area contributed by atoms with Crippen molar-refractivity contribution in [2.75, 3.05) is 11.9 Å². The number of thiazole rings is 1. The zero-order valence-corrected chi connectivity index (χ0v) is 13.5. The molecule has 0 saturated heterocycles. The van der Waals surface area contributed by atoms with Gasteiger partial charge in [-0.1, -0.05) is 12.1 Å². The number of amides is 1. The SMILES string of the molecule is CC(=O)Nc1cccc(C(C)NCCc2nc(C)cs2)c1. The summed E-state index contributed by atoms with van der Waals surface area (Å²) in [7, 11) is 0. The Labute approximate surface area is 129 Å². The van der Waals surface area contributed by atoms with E-state index in [0.717, 1.165) is 29.9 Å². The molecule has 0 spiro atoms. The molecular weight excluding hydrogens is 282 g/mol. The van der Waals surface area contributed by atoms with Crippen molar-refractivity contribution in [2.24, 2.45) is 0 Å². The highest BCUT2D eigenvalue weighted by molar-refractivity contribution is 7.09. The van der Waals surface area contributed by atoms with Gasteiger partial charge in [0.2, 0.25) is 5.91 Å². The van der Waals surface area contributed by atoms with E-state index >= 15 is 0 Å². The molecule has 21 heavy (non-hydrogen) atoms. The molecule has 0 bridgehead atoms. The van der Waals surface area contributed by atoms with Crippen LogP contribution in [-0.4, -0.2) is 17.4 Å². The van der Waals surface area contributed by atoms with Gasteiger partial charge in [-0.3, -0.25) is 4.79 Å². The maximum atomic E-state index is 11.1. The van der Waals surface area contributed by atoms with Crippen LogP contribution in [0.3, 0.4) is 0 Å². The first-order valence-electron chi connectivity index (χ1n) is 7.06. The van der Waals surface area contributed by atoms with E-state index in [4.69, 9.17) is 0 Å². The van der Waals surface area contributed by atoms with Gasteiger partial charge in [0, 0.05) is 42.7 Å². The molecule has 1 amide bonds. The fourth-order valence-corrected chi connectivity index (χ4v) is 2.90. The van der Waals surface area contributed by atoms with Gasteiger partial charge in [-0.15, -0.1) is 11.3 Å². The first-order chi connectivity index (χ1) is 10.0. The van der Waals surface area contributed by atoms with Crippen molar-refractivity contribution < 1.29 is 4.79 Å². The molecule has 1 unspecified atom stereocenters. The summed E-state index contributed by atoms with van der Waals surface area (Å²) in [5.41, 5.74) is 3.09. The Bertz CT molecular complexity index is 609. The lowest BCUT2D eigenvalue weighted by Gasteiger charge is -2.15. The van der Waals surface area contributed by atoms with Gasteiger partial charge in [0.05, 0.1) is 5.01 Å². The van der Waals surface area contributed by atoms with Crippen molar-refractivity contribution >= 4 is 22.9 Å². The first-order valence-corrected chi connectivity index (χ1v) is 7.94. The number of aryl methyl sites for hydroxylation is 1. The molecule has 0 saturated carbocycles. The Balaban J connectivity index is 1.87. The predicted octanol–water partition coefficient (Wildman–Crippen LogP) is 3.30. The van der Waals surface area contributed by atoms with E-state index in [-0.39, 0.29) is 11.9 Å². The zero-order valence-electron chi connectivity index (χ0n) is 12.6. The smallest absolute Gasteiger partial charge is 0.221 e. The van der Waals surface area contributed by atoms with Crippen molar-refractivity contribution in [1.29, 1.82) is 0 Å². The number of nitrogens with one attached hydrogen (secondary N) is 2. The Kier molecular flexibility index (Phi) is 5.47. The van der Waals surface area contributed by atoms with Crippen LogP contribution < -0.4 is 10.6 Å². The summed E-state index contributed by atoms with van der Waals surface area (Å²) in [6, 6.07) is 8.17. The van der Waals surface area contributed by atoms with E-state index in [1.807, 2.05) is 25.1 Å². The maximum absolute atomic E-state index is 11.1. The molecule has 0 fully saturated rings. The summed E-state index contributed by atoms with van der Waals surface area (Å²) in [6.07, 6.45) is 0.939. The van der Waals surface area contributed by atoms with Crippen LogP contribution in [0.4, 0.5) is 5.69 Å². The van der Waals surface area contributed by atoms with Gasteiger partial charge in [0.15, 0.2) is 0 Å². The van der Waals surface area contributed by atoms with Crippen LogP contribution in [0.1, 0.15) is 36.2 Å². The lowest BCUT2D eigenvalue weighted by Crippen LogP contribution is -2.21. The molecule has 2 aromatic rings. The van der Waals surface area contributed by atoms with E-state index in [9.17, 15) is 4.79 Å². The Morgan fingerprint density at radius 2 is 2.24 bits per heavy atom. The van der Waals surface area contributed by atoms with Crippen LogP contribution >= 0.6 is 11.3 Å². The van der Waals surface area contributed by atoms with E-state index in [0.29, 0.717) is 0 Å². The van der Waals surface area contributed by atoms with Gasteiger partial charge >= 0.3 is 0 Å². The minimum absolute atomic E-state index is 0.0492. The molecule has 112 valence electrons. The van der Waals surface area contributed by atoms with Gasteiger partial charge in [0.25, 0.3) is 0 Å². The number of rotatable bonds is 6. The predicted molar refractivity (Wildman–Crippen MR) is 87.7 cm³/mol. The molecule has 0 aliphatic carbocycles. The van der Waals surface area contributed by atoms with Crippen LogP contribution in [0.2, 0.25) is 0 Å². The highest BCUT2D eigenvalue weighted by atomic mass is 32.1. The second-order valence-electron chi connectivity index (χ2n) is 5.12. The summed E-state index contributed by atoms with van der Waals surface area (Å²) in [5.74, 6) is -0.0492. The minimum Gasteiger partial charge on any atom is -0.326 e. The Morgan fingerprint density at radius 3 is 2.90 bits per heavy atom. The minimum atomic E-state index is -0.0492. The molecule has 1 aromatic carbocycles. The van der Waals surface area contributed by atoms with Crippen molar-refractivity contribution in [3.63, 3.8) is 0 Å². The number of hydrogen-bond donors (Lipinski definition) is 2. The Morgan fingerprint density at radius 1 is 1.43 bits per heavy atom. The maximum Gasteiger partial charge on any atom is 0.221 e. The summed E-state index contributed by atoms with van der Waals surface area (Å²) in [6.45, 7) is 6.55. The number of carbonyl (C=O) groups excluding carboxylic acids is 1. The van der Waals surface area contributed by atoms with Gasteiger partial charge in [-0.2, -0.15) is 0 Å². The highest BCUT2D eigenvalue weighted by Crippen LogP contribution is 2.17. The standard InChI is InChI=1S/C16H21N3OS/c1-11-10-21-16(18-11)7-8-17-12(2)14-5-4-6-15(9-14)19-13(3)20/h4-6,9-10,12,17H,7-8H2,1-3H3,(H,19,20). The third kappa shape index (κ3) is 4.95. The topological polar surface area (TPSA) is 54.0 Å². The third-order valence-corrected chi connectivity index (χ3v) is 4.19. The highest BCUT2D eigenvalue weighted by Gasteiger charge is 2.06. The molecular formula is C16H21N3OS. The molecule has 0 radical (unpaired) electrons. The molecule has 4 nitrogen and oxygen atoms in total. The van der Waals surface area contributed by atoms with E-state index < -0.39 is 0 Å². The van der Waals surface area contributed by atoms with Crippen LogP contribution in [0.5, 0.6) is 0 Å². The molecule has 1 heterocycles. The van der Waals surface area contributed by atoms with Crippen molar-refractivity contribution in [3.8, 4) is 0 Å². The largest absolute Gasteiger partial charge is 0.326 e. The van der Waals surface area contributed by atoms with Crippen molar-refractivity contribution in [2.45, 2.75) is 33.2 Å². The lowest BCUT2D eigenvalue weighted by atomic mass is 10.1. The fraction of sp³-hybridized carbons (Fsp3) is 0.375. The number of hydrogen-bond acceptors (Lipinski definition) is 4. The molecule has 2 N–H and O–H groups in total. The van der Waals surface area contributed by atoms with Gasteiger partial charge in [-0.25, -0.2) is 4.98 Å². The number of anilines is 1. The number of carbonyl (C=O) groups is 1. The van der Waals surface area contributed by atoms with Crippen LogP contribution in [0, 0.1) is 6.92 Å². The molecule has 1 aromatic heterocycles. The molecule has 1 atom stereocenters. The summed E-state index contributed by atoms with van der Waals surface area (Å²) in [5, 5.41) is 9.55. The van der Waals surface area contributed by atoms with Crippen LogP contribution in [0.15, 0.2) is 29.6 Å². The number of benzene rings is 1. The monoisotopic (exact) mass is 303 g/mol. The van der Waals surface area contributed by atoms with Crippen molar-refractivity contribution in [1.82, 2.24) is 10.3 Å². The lowest BCUT2D eigenvalue weighted by molar-refractivity contribution is -0.114. The summed E-state index contributed by atoms with van der Waals surface area (Å²) < 4.78 is 0. The average molecular weight is 303 g/mol. The zero-order chi connectivity index (χ0) is 15.2. The van der Waals surface area contributed by atoms with Gasteiger partial charge < -0.3 is 10.6 Å². The molecule has 5 heteroatoms. The fourth-order valence-electron chi connectivity index (χ4n) is 2.12. The van der Waals surface area contributed by atoms with E-state index in [1.165, 1.54) is 11.9 Å². The van der Waals surface area contributed by atoms with Gasteiger partial charge in [0.1, 0.15) is 0 Å². The van der Waals surface area contributed by atoms with Crippen molar-refractivity contribution in [3.05, 3.63) is 45.9 Å². The quantitative estimate of drug-likeness (QED) is 0.861. The first kappa shape index (κ1) is 15.7. The molecule has 0 aliphatic heterocycles. The average Bonchev–Trinajstić information content (AvgIpc) is 2.84. The van der Waals surface area contributed by atoms with Gasteiger partial charge in [-0.05, 0) is 31.5 Å². The summed E-state index contributed by atoms with van der Waals surface area (Å²) >= 11 is 1.71. The second-order valence-corrected chi connectivity index (χ2v) is 6.06. The normalized spacial score (nSPS) is 12.1. The van der Waals surface area contributed by atoms with E-state index in [1.54, 1.807) is 11.3 Å². The Hall–Kier alpha value is -1.72. The third-order valence-electron chi connectivity index (χ3n) is 3.16. The van der Waals surface area contributed by atoms with Crippen LogP contribution in [-0.2, 0) is 11.2 Å². The molecule has 2 rings (SSSR count). The second kappa shape index (κ2) is 7.33. The van der Waals surface area contributed by atoms with E-state index in [2.05, 4.69) is 34.0 Å². The van der Waals surface area contributed by atoms with Crippen LogP contribution in [0.25, 0.3) is 0 Å². The summed E-state index contributed by atoms with van der Waals surface area (Å²) in [4.78, 5) is 15.6. The number of nitrogens with zero attached hydrogens (tertiary/aromatic N) is 1. The molecule has 0 aliphatic rings. The number of aromatic nitrogens is 1.